The molecule has 0 saturated heterocycles. The van der Waals surface area contributed by atoms with Crippen LogP contribution in [0.15, 0.2) is 81.9 Å². The summed E-state index contributed by atoms with van der Waals surface area (Å²) in [4.78, 5) is 17.2. The van der Waals surface area contributed by atoms with Crippen molar-refractivity contribution in [2.45, 2.75) is 12.1 Å². The zero-order valence-electron chi connectivity index (χ0n) is 17.9. The minimum atomic E-state index is -0.181. The Balaban J connectivity index is 1.31. The lowest BCUT2D eigenvalue weighted by Gasteiger charge is -2.09. The van der Waals surface area contributed by atoms with Gasteiger partial charge < -0.3 is 9.73 Å². The lowest BCUT2D eigenvalue weighted by molar-refractivity contribution is -0.113. The molecule has 10 heteroatoms. The van der Waals surface area contributed by atoms with Crippen LogP contribution in [0.3, 0.4) is 0 Å². The van der Waals surface area contributed by atoms with E-state index in [4.69, 9.17) is 16.0 Å². The van der Waals surface area contributed by atoms with Gasteiger partial charge in [-0.05, 0) is 43.3 Å². The van der Waals surface area contributed by atoms with Crippen LogP contribution in [0, 0.1) is 6.92 Å². The Bertz CT molecular complexity index is 1410. The van der Waals surface area contributed by atoms with Crippen LogP contribution in [-0.4, -0.2) is 31.4 Å². The van der Waals surface area contributed by atoms with E-state index in [1.165, 1.54) is 23.1 Å². The number of anilines is 1. The molecule has 34 heavy (non-hydrogen) atoms. The summed E-state index contributed by atoms with van der Waals surface area (Å²) in [6.45, 7) is 2.03. The van der Waals surface area contributed by atoms with Crippen molar-refractivity contribution in [3.63, 3.8) is 0 Å². The summed E-state index contributed by atoms with van der Waals surface area (Å²) in [5.74, 6) is 1.14. The monoisotopic (exact) mass is 507 g/mol. The second kappa shape index (κ2) is 9.84. The number of carbonyl (C=O) groups excluding carboxylic acids is 1. The minimum Gasteiger partial charge on any atom is -0.461 e. The summed E-state index contributed by atoms with van der Waals surface area (Å²) in [6.07, 6.45) is 1.59. The van der Waals surface area contributed by atoms with Crippen LogP contribution in [0.5, 0.6) is 0 Å². The molecule has 5 aromatic rings. The van der Waals surface area contributed by atoms with Crippen LogP contribution in [0.4, 0.5) is 5.13 Å². The predicted octanol–water partition coefficient (Wildman–Crippen LogP) is 6.34. The van der Waals surface area contributed by atoms with Gasteiger partial charge in [0.15, 0.2) is 16.0 Å². The topological polar surface area (TPSA) is 85.8 Å². The lowest BCUT2D eigenvalue weighted by Crippen LogP contribution is -2.14. The number of amides is 1. The molecule has 0 atom stereocenters. The van der Waals surface area contributed by atoms with E-state index in [1.54, 1.807) is 12.3 Å². The van der Waals surface area contributed by atoms with Gasteiger partial charge in [0.2, 0.25) is 11.7 Å². The number of furan rings is 1. The molecule has 0 unspecified atom stereocenters. The summed E-state index contributed by atoms with van der Waals surface area (Å²) >= 11 is 8.62. The Morgan fingerprint density at radius 1 is 1.12 bits per heavy atom. The maximum Gasteiger partial charge on any atom is 0.236 e. The zero-order valence-corrected chi connectivity index (χ0v) is 20.3. The van der Waals surface area contributed by atoms with E-state index in [1.807, 2.05) is 71.5 Å². The Morgan fingerprint density at radius 3 is 2.65 bits per heavy atom. The Kier molecular flexibility index (Phi) is 6.48. The molecule has 0 spiro atoms. The fourth-order valence-corrected chi connectivity index (χ4v) is 4.84. The SMILES string of the molecule is Cc1ccc(-n2c(SCC(=O)Nc3nc(-c4ccc(Cl)cc4)cs3)nnc2-c2ccco2)cc1. The standard InChI is InChI=1S/C24H18ClN5O2S2/c1-15-4-10-18(11-5-15)30-22(20-3-2-12-32-20)28-29-24(30)34-14-21(31)27-23-26-19(13-33-23)16-6-8-17(25)9-7-16/h2-13H,14H2,1H3,(H,26,27,31). The molecule has 170 valence electrons. The van der Waals surface area contributed by atoms with E-state index in [2.05, 4.69) is 20.5 Å². The third-order valence-electron chi connectivity index (χ3n) is 4.89. The molecule has 1 amide bonds. The summed E-state index contributed by atoms with van der Waals surface area (Å²) in [7, 11) is 0. The molecule has 2 aromatic carbocycles. The first-order chi connectivity index (χ1) is 16.6. The van der Waals surface area contributed by atoms with Crippen molar-refractivity contribution in [1.29, 1.82) is 0 Å². The maximum atomic E-state index is 12.6. The Morgan fingerprint density at radius 2 is 1.91 bits per heavy atom. The van der Waals surface area contributed by atoms with Gasteiger partial charge in [0.1, 0.15) is 0 Å². The Labute approximate surface area is 208 Å². The van der Waals surface area contributed by atoms with Gasteiger partial charge in [-0.1, -0.05) is 53.2 Å². The van der Waals surface area contributed by atoms with Crippen LogP contribution in [-0.2, 0) is 4.79 Å². The second-order valence-electron chi connectivity index (χ2n) is 7.34. The smallest absolute Gasteiger partial charge is 0.236 e. The molecule has 3 heterocycles. The second-order valence-corrected chi connectivity index (χ2v) is 9.57. The Hall–Kier alpha value is -3.40. The number of rotatable bonds is 7. The molecule has 0 bridgehead atoms. The van der Waals surface area contributed by atoms with E-state index >= 15 is 0 Å². The number of halogens is 1. The highest BCUT2D eigenvalue weighted by Gasteiger charge is 2.19. The van der Waals surface area contributed by atoms with Crippen molar-refractivity contribution < 1.29 is 9.21 Å². The largest absolute Gasteiger partial charge is 0.461 e. The average molecular weight is 508 g/mol. The predicted molar refractivity (Wildman–Crippen MR) is 136 cm³/mol. The van der Waals surface area contributed by atoms with Gasteiger partial charge in [0, 0.05) is 21.7 Å². The first-order valence-electron chi connectivity index (χ1n) is 10.3. The molecule has 0 aliphatic carbocycles. The highest BCUT2D eigenvalue weighted by Crippen LogP contribution is 2.29. The van der Waals surface area contributed by atoms with E-state index < -0.39 is 0 Å². The normalized spacial score (nSPS) is 11.0. The number of thiazole rings is 1. The number of aryl methyl sites for hydroxylation is 1. The summed E-state index contributed by atoms with van der Waals surface area (Å²) in [5.41, 5.74) is 3.75. The molecule has 0 aliphatic heterocycles. The van der Waals surface area contributed by atoms with Crippen molar-refractivity contribution in [3.8, 4) is 28.5 Å². The summed E-state index contributed by atoms with van der Waals surface area (Å²) in [6, 6.07) is 19.1. The van der Waals surface area contributed by atoms with Gasteiger partial charge in [-0.2, -0.15) is 0 Å². The lowest BCUT2D eigenvalue weighted by atomic mass is 10.2. The van der Waals surface area contributed by atoms with Gasteiger partial charge in [-0.15, -0.1) is 21.5 Å². The zero-order chi connectivity index (χ0) is 23.5. The van der Waals surface area contributed by atoms with Crippen molar-refractivity contribution in [2.24, 2.45) is 0 Å². The highest BCUT2D eigenvalue weighted by atomic mass is 35.5. The van der Waals surface area contributed by atoms with Crippen LogP contribution < -0.4 is 5.32 Å². The van der Waals surface area contributed by atoms with Gasteiger partial charge in [0.05, 0.1) is 17.7 Å². The first-order valence-corrected chi connectivity index (χ1v) is 12.5. The third kappa shape index (κ3) is 4.91. The number of thioether (sulfide) groups is 1. The van der Waals surface area contributed by atoms with Gasteiger partial charge >= 0.3 is 0 Å². The summed E-state index contributed by atoms with van der Waals surface area (Å²) in [5, 5.41) is 15.2. The number of nitrogens with zero attached hydrogens (tertiary/aromatic N) is 4. The quantitative estimate of drug-likeness (QED) is 0.258. The van der Waals surface area contributed by atoms with Crippen molar-refractivity contribution in [3.05, 3.63) is 82.9 Å². The minimum absolute atomic E-state index is 0.151. The van der Waals surface area contributed by atoms with E-state index in [0.717, 1.165) is 22.5 Å². The molecular formula is C24H18ClN5O2S2. The van der Waals surface area contributed by atoms with E-state index in [-0.39, 0.29) is 11.7 Å². The van der Waals surface area contributed by atoms with Crippen molar-refractivity contribution in [1.82, 2.24) is 19.7 Å². The number of aromatic nitrogens is 4. The van der Waals surface area contributed by atoms with Crippen LogP contribution in [0.2, 0.25) is 5.02 Å². The van der Waals surface area contributed by atoms with E-state index in [0.29, 0.717) is 26.9 Å². The van der Waals surface area contributed by atoms with Crippen LogP contribution in [0.25, 0.3) is 28.5 Å². The average Bonchev–Trinajstić information content (AvgIpc) is 3.60. The number of nitrogens with one attached hydrogen (secondary N) is 1. The highest BCUT2D eigenvalue weighted by molar-refractivity contribution is 7.99. The number of hydrogen-bond acceptors (Lipinski definition) is 7. The molecule has 0 aliphatic rings. The number of carbonyl (C=O) groups is 1. The van der Waals surface area contributed by atoms with Crippen molar-refractivity contribution in [2.75, 3.05) is 11.1 Å². The number of hydrogen-bond donors (Lipinski definition) is 1. The molecule has 0 saturated carbocycles. The molecule has 0 radical (unpaired) electrons. The van der Waals surface area contributed by atoms with Gasteiger partial charge in [-0.25, -0.2) is 4.98 Å². The summed E-state index contributed by atoms with van der Waals surface area (Å²) < 4.78 is 7.43. The molecule has 5 rings (SSSR count). The molecular weight excluding hydrogens is 490 g/mol. The van der Waals surface area contributed by atoms with Crippen molar-refractivity contribution >= 4 is 45.7 Å². The fourth-order valence-electron chi connectivity index (χ4n) is 3.23. The van der Waals surface area contributed by atoms with Crippen LogP contribution in [0.1, 0.15) is 5.56 Å². The first kappa shape index (κ1) is 22.4. The fraction of sp³-hybridized carbons (Fsp3) is 0.0833. The van der Waals surface area contributed by atoms with Gasteiger partial charge in [-0.3, -0.25) is 9.36 Å². The third-order valence-corrected chi connectivity index (χ3v) is 6.83. The van der Waals surface area contributed by atoms with Crippen LogP contribution >= 0.6 is 34.7 Å². The molecule has 3 aromatic heterocycles. The molecule has 1 N–H and O–H groups in total. The number of benzene rings is 2. The van der Waals surface area contributed by atoms with E-state index in [9.17, 15) is 4.79 Å². The maximum absolute atomic E-state index is 12.6. The van der Waals surface area contributed by atoms with Gasteiger partial charge in [0.25, 0.3) is 0 Å². The molecule has 0 fully saturated rings. The molecule has 7 nitrogen and oxygen atoms in total.